The first kappa shape index (κ1) is 11.4. The summed E-state index contributed by atoms with van der Waals surface area (Å²) in [4.78, 5) is 13.8. The third-order valence-corrected chi connectivity index (χ3v) is 1.91. The Morgan fingerprint density at radius 2 is 2.47 bits per heavy atom. The molecule has 1 N–H and O–H groups in total. The van der Waals surface area contributed by atoms with Crippen LogP contribution in [0, 0.1) is 10.1 Å². The molecule has 15 heavy (non-hydrogen) atoms. The average Bonchev–Trinajstić information content (AvgIpc) is 2.55. The van der Waals surface area contributed by atoms with Gasteiger partial charge in [0.25, 0.3) is 0 Å². The van der Waals surface area contributed by atoms with E-state index in [1.165, 1.54) is 6.33 Å². The summed E-state index contributed by atoms with van der Waals surface area (Å²) in [6, 6.07) is 0. The average molecular weight is 214 g/mol. The van der Waals surface area contributed by atoms with E-state index in [1.807, 2.05) is 0 Å². The van der Waals surface area contributed by atoms with E-state index in [0.29, 0.717) is 19.0 Å². The Hall–Kier alpha value is -1.63. The first-order valence-electron chi connectivity index (χ1n) is 4.55. The smallest absolute Gasteiger partial charge is 0.385 e. The Balaban J connectivity index is 2.58. The van der Waals surface area contributed by atoms with Crippen LogP contribution < -0.4 is 5.32 Å². The summed E-state index contributed by atoms with van der Waals surface area (Å²) in [6.45, 7) is 1.24. The maximum Gasteiger partial charge on any atom is 0.406 e. The molecule has 0 saturated carbocycles. The Bertz CT molecular complexity index is 337. The molecule has 0 unspecified atom stereocenters. The van der Waals surface area contributed by atoms with Crippen molar-refractivity contribution in [2.24, 2.45) is 7.05 Å². The molecule has 0 aliphatic heterocycles. The van der Waals surface area contributed by atoms with Crippen LogP contribution in [0.4, 0.5) is 11.6 Å². The molecule has 84 valence electrons. The summed E-state index contributed by atoms with van der Waals surface area (Å²) in [7, 11) is 3.32. The van der Waals surface area contributed by atoms with Crippen molar-refractivity contribution in [3.63, 3.8) is 0 Å². The van der Waals surface area contributed by atoms with E-state index in [-0.39, 0.29) is 5.82 Å². The highest BCUT2D eigenvalue weighted by Crippen LogP contribution is 2.20. The van der Waals surface area contributed by atoms with E-state index in [1.54, 1.807) is 18.7 Å². The largest absolute Gasteiger partial charge is 0.406 e. The van der Waals surface area contributed by atoms with Crippen LogP contribution in [0.1, 0.15) is 6.42 Å². The van der Waals surface area contributed by atoms with Gasteiger partial charge in [0.15, 0.2) is 0 Å². The van der Waals surface area contributed by atoms with Gasteiger partial charge in [0, 0.05) is 27.3 Å². The van der Waals surface area contributed by atoms with Gasteiger partial charge >= 0.3 is 5.82 Å². The number of methoxy groups -OCH3 is 1. The van der Waals surface area contributed by atoms with Crippen molar-refractivity contribution in [3.8, 4) is 0 Å². The van der Waals surface area contributed by atoms with Crippen molar-refractivity contribution < 1.29 is 9.66 Å². The second-order valence-corrected chi connectivity index (χ2v) is 3.06. The van der Waals surface area contributed by atoms with E-state index in [2.05, 4.69) is 10.3 Å². The minimum absolute atomic E-state index is 0.144. The number of nitrogens with zero attached hydrogens (tertiary/aromatic N) is 3. The summed E-state index contributed by atoms with van der Waals surface area (Å²) < 4.78 is 6.46. The summed E-state index contributed by atoms with van der Waals surface area (Å²) in [5.41, 5.74) is 0. The van der Waals surface area contributed by atoms with Crippen LogP contribution in [0.3, 0.4) is 0 Å². The van der Waals surface area contributed by atoms with Gasteiger partial charge < -0.3 is 20.2 Å². The zero-order chi connectivity index (χ0) is 11.3. The summed E-state index contributed by atoms with van der Waals surface area (Å²) in [5.74, 6) is 0.283. The molecule has 0 atom stereocenters. The molecule has 1 aromatic heterocycles. The van der Waals surface area contributed by atoms with E-state index in [0.717, 1.165) is 6.42 Å². The van der Waals surface area contributed by atoms with Gasteiger partial charge in [-0.15, -0.1) is 0 Å². The van der Waals surface area contributed by atoms with Gasteiger partial charge in [-0.2, -0.15) is 0 Å². The molecule has 1 aromatic rings. The standard InChI is InChI=1S/C8H14N4O3/c1-11-6-10-8(12(13)14)7(11)9-4-3-5-15-2/h6,9H,3-5H2,1-2H3. The van der Waals surface area contributed by atoms with Crippen molar-refractivity contribution in [3.05, 3.63) is 16.4 Å². The van der Waals surface area contributed by atoms with Crippen molar-refractivity contribution in [1.29, 1.82) is 0 Å². The first-order valence-corrected chi connectivity index (χ1v) is 4.55. The minimum atomic E-state index is -0.501. The molecular weight excluding hydrogens is 200 g/mol. The fraction of sp³-hybridized carbons (Fsp3) is 0.625. The van der Waals surface area contributed by atoms with Crippen molar-refractivity contribution in [1.82, 2.24) is 9.55 Å². The van der Waals surface area contributed by atoms with Crippen molar-refractivity contribution >= 4 is 11.6 Å². The Morgan fingerprint density at radius 3 is 3.07 bits per heavy atom. The van der Waals surface area contributed by atoms with E-state index < -0.39 is 4.92 Å². The van der Waals surface area contributed by atoms with Gasteiger partial charge in [-0.25, -0.2) is 0 Å². The van der Waals surface area contributed by atoms with Crippen molar-refractivity contribution in [2.75, 3.05) is 25.6 Å². The molecule has 0 spiro atoms. The lowest BCUT2D eigenvalue weighted by Crippen LogP contribution is -2.09. The van der Waals surface area contributed by atoms with Crippen LogP contribution in [0.2, 0.25) is 0 Å². The summed E-state index contributed by atoms with van der Waals surface area (Å²) in [6.07, 6.45) is 2.20. The third kappa shape index (κ3) is 2.91. The number of anilines is 1. The predicted octanol–water partition coefficient (Wildman–Crippen LogP) is 0.777. The fourth-order valence-corrected chi connectivity index (χ4v) is 1.18. The van der Waals surface area contributed by atoms with Crippen LogP contribution in [0.25, 0.3) is 0 Å². The number of aromatic nitrogens is 2. The molecule has 1 rings (SSSR count). The maximum absolute atomic E-state index is 10.6. The van der Waals surface area contributed by atoms with Gasteiger partial charge in [-0.1, -0.05) is 0 Å². The lowest BCUT2D eigenvalue weighted by atomic mass is 10.4. The molecule has 0 aliphatic carbocycles. The van der Waals surface area contributed by atoms with Gasteiger partial charge in [0.05, 0.1) is 0 Å². The lowest BCUT2D eigenvalue weighted by molar-refractivity contribution is -0.388. The highest BCUT2D eigenvalue weighted by Gasteiger charge is 2.18. The van der Waals surface area contributed by atoms with Crippen LogP contribution in [0.5, 0.6) is 0 Å². The fourth-order valence-electron chi connectivity index (χ4n) is 1.18. The zero-order valence-corrected chi connectivity index (χ0v) is 8.77. The summed E-state index contributed by atoms with van der Waals surface area (Å²) in [5, 5.41) is 13.5. The number of aryl methyl sites for hydroxylation is 1. The van der Waals surface area contributed by atoms with Gasteiger partial charge in [0.1, 0.15) is 0 Å². The first-order chi connectivity index (χ1) is 7.16. The number of hydrogen-bond donors (Lipinski definition) is 1. The monoisotopic (exact) mass is 214 g/mol. The van der Waals surface area contributed by atoms with Crippen LogP contribution >= 0.6 is 0 Å². The molecule has 0 fully saturated rings. The second-order valence-electron chi connectivity index (χ2n) is 3.06. The Kier molecular flexibility index (Phi) is 4.04. The quantitative estimate of drug-likeness (QED) is 0.430. The molecule has 7 nitrogen and oxygen atoms in total. The Labute approximate surface area is 87.2 Å². The number of hydrogen-bond acceptors (Lipinski definition) is 5. The third-order valence-electron chi connectivity index (χ3n) is 1.91. The van der Waals surface area contributed by atoms with E-state index >= 15 is 0 Å². The molecular formula is C8H14N4O3. The van der Waals surface area contributed by atoms with Crippen LogP contribution in [-0.2, 0) is 11.8 Å². The summed E-state index contributed by atoms with van der Waals surface area (Å²) >= 11 is 0. The SMILES string of the molecule is COCCCNc1c([N+](=O)[O-])ncn1C. The molecule has 0 aromatic carbocycles. The topological polar surface area (TPSA) is 82.2 Å². The van der Waals surface area contributed by atoms with Crippen LogP contribution in [-0.4, -0.2) is 34.7 Å². The lowest BCUT2D eigenvalue weighted by Gasteiger charge is -2.05. The normalized spacial score (nSPS) is 10.3. The number of nitro groups is 1. The van der Waals surface area contributed by atoms with Gasteiger partial charge in [0.2, 0.25) is 12.1 Å². The molecule has 0 saturated heterocycles. The predicted molar refractivity (Wildman–Crippen MR) is 54.8 cm³/mol. The number of rotatable bonds is 6. The van der Waals surface area contributed by atoms with E-state index in [9.17, 15) is 10.1 Å². The highest BCUT2D eigenvalue weighted by atomic mass is 16.6. The van der Waals surface area contributed by atoms with Gasteiger partial charge in [-0.3, -0.25) is 4.57 Å². The number of nitrogens with one attached hydrogen (secondary N) is 1. The number of ether oxygens (including phenoxy) is 1. The molecule has 0 bridgehead atoms. The van der Waals surface area contributed by atoms with Gasteiger partial charge in [-0.05, 0) is 16.3 Å². The minimum Gasteiger partial charge on any atom is -0.385 e. The van der Waals surface area contributed by atoms with Crippen molar-refractivity contribution in [2.45, 2.75) is 6.42 Å². The van der Waals surface area contributed by atoms with Crippen LogP contribution in [0.15, 0.2) is 6.33 Å². The molecule has 7 heteroatoms. The highest BCUT2D eigenvalue weighted by molar-refractivity contribution is 5.51. The number of imidazole rings is 1. The zero-order valence-electron chi connectivity index (χ0n) is 8.77. The maximum atomic E-state index is 10.6. The molecule has 1 heterocycles. The Morgan fingerprint density at radius 1 is 1.73 bits per heavy atom. The second kappa shape index (κ2) is 5.30. The molecule has 0 amide bonds. The molecule has 0 aliphatic rings. The molecule has 0 radical (unpaired) electrons. The van der Waals surface area contributed by atoms with E-state index in [4.69, 9.17) is 4.74 Å².